The Morgan fingerprint density at radius 2 is 1.77 bits per heavy atom. The van der Waals surface area contributed by atoms with Gasteiger partial charge in [-0.15, -0.1) is 0 Å². The zero-order valence-electron chi connectivity index (χ0n) is 16.4. The lowest BCUT2D eigenvalue weighted by molar-refractivity contribution is -0.123. The summed E-state index contributed by atoms with van der Waals surface area (Å²) in [6.45, 7) is -1.19. The van der Waals surface area contributed by atoms with E-state index >= 15 is 0 Å². The molecule has 1 fully saturated rings. The third kappa shape index (κ3) is 6.21. The van der Waals surface area contributed by atoms with Gasteiger partial charge in [-0.1, -0.05) is 12.1 Å². The Hall–Kier alpha value is -3.56. The maximum Gasteiger partial charge on any atom is 0.405 e. The first kappa shape index (κ1) is 22.1. The number of carbonyl (C=O) groups is 3. The molecule has 1 heterocycles. The first-order valence-electron chi connectivity index (χ1n) is 9.50. The summed E-state index contributed by atoms with van der Waals surface area (Å²) in [5.41, 5.74) is 0.719. The minimum atomic E-state index is -4.54. The summed E-state index contributed by atoms with van der Waals surface area (Å²) in [6, 6.07) is 12.4. The number of benzene rings is 2. The Labute approximate surface area is 176 Å². The summed E-state index contributed by atoms with van der Waals surface area (Å²) < 4.78 is 42.4. The van der Waals surface area contributed by atoms with Crippen LogP contribution < -0.4 is 20.3 Å². The van der Waals surface area contributed by atoms with E-state index in [0.29, 0.717) is 18.7 Å². The number of alkyl halides is 3. The molecule has 1 saturated heterocycles. The van der Waals surface area contributed by atoms with Gasteiger partial charge in [0.2, 0.25) is 5.91 Å². The lowest BCUT2D eigenvalue weighted by Gasteiger charge is -2.16. The maximum atomic E-state index is 12.3. The van der Waals surface area contributed by atoms with E-state index in [0.717, 1.165) is 12.1 Å². The van der Waals surface area contributed by atoms with Crippen molar-refractivity contribution in [2.24, 2.45) is 0 Å². The molecule has 2 N–H and O–H groups in total. The van der Waals surface area contributed by atoms with Crippen molar-refractivity contribution in [3.05, 3.63) is 54.1 Å². The van der Waals surface area contributed by atoms with E-state index in [1.54, 1.807) is 34.5 Å². The van der Waals surface area contributed by atoms with E-state index < -0.39 is 24.5 Å². The number of rotatable bonds is 7. The standard InChI is InChI=1S/C21H20F3N3O4/c22-21(23,24)13-25-20(30)16-4-1-2-5-17(16)26-18(28)12-31-15-9-7-14(8-10-15)27-11-3-6-19(27)29/h1-2,4-5,7-10H,3,6,11-13H2,(H,25,30)(H,26,28). The number of carbonyl (C=O) groups excluding carboxylic acids is 3. The van der Waals surface area contributed by atoms with Gasteiger partial charge < -0.3 is 20.3 Å². The highest BCUT2D eigenvalue weighted by molar-refractivity contribution is 6.04. The molecule has 1 aliphatic heterocycles. The smallest absolute Gasteiger partial charge is 0.405 e. The Morgan fingerprint density at radius 1 is 1.06 bits per heavy atom. The van der Waals surface area contributed by atoms with E-state index in [2.05, 4.69) is 5.32 Å². The van der Waals surface area contributed by atoms with Crippen molar-refractivity contribution in [1.82, 2.24) is 5.32 Å². The molecule has 2 aromatic rings. The minimum Gasteiger partial charge on any atom is -0.484 e. The summed E-state index contributed by atoms with van der Waals surface area (Å²) in [5.74, 6) is -1.08. The number of nitrogens with zero attached hydrogens (tertiary/aromatic N) is 1. The lowest BCUT2D eigenvalue weighted by Crippen LogP contribution is -2.34. The molecule has 3 rings (SSSR count). The highest BCUT2D eigenvalue weighted by Gasteiger charge is 2.28. The normalized spacial score (nSPS) is 13.8. The summed E-state index contributed by atoms with van der Waals surface area (Å²) in [7, 11) is 0. The number of hydrogen-bond donors (Lipinski definition) is 2. The molecule has 0 atom stereocenters. The Morgan fingerprint density at radius 3 is 2.42 bits per heavy atom. The number of halogens is 3. The van der Waals surface area contributed by atoms with Crippen LogP contribution in [-0.4, -0.2) is 43.6 Å². The van der Waals surface area contributed by atoms with Crippen molar-refractivity contribution in [1.29, 1.82) is 0 Å². The molecule has 0 bridgehead atoms. The van der Waals surface area contributed by atoms with Crippen molar-refractivity contribution < 1.29 is 32.3 Å². The van der Waals surface area contributed by atoms with Crippen molar-refractivity contribution in [3.63, 3.8) is 0 Å². The van der Waals surface area contributed by atoms with Gasteiger partial charge in [0.05, 0.1) is 11.3 Å². The van der Waals surface area contributed by atoms with Crippen LogP contribution in [0.15, 0.2) is 48.5 Å². The third-order valence-corrected chi connectivity index (χ3v) is 4.49. The van der Waals surface area contributed by atoms with Crippen LogP contribution >= 0.6 is 0 Å². The van der Waals surface area contributed by atoms with Crippen LogP contribution in [0.1, 0.15) is 23.2 Å². The van der Waals surface area contributed by atoms with Gasteiger partial charge in [0.25, 0.3) is 11.8 Å². The molecule has 0 saturated carbocycles. The molecule has 31 heavy (non-hydrogen) atoms. The molecule has 0 unspecified atom stereocenters. The second kappa shape index (κ2) is 9.50. The van der Waals surface area contributed by atoms with Gasteiger partial charge >= 0.3 is 6.18 Å². The van der Waals surface area contributed by atoms with Crippen molar-refractivity contribution >= 4 is 29.1 Å². The van der Waals surface area contributed by atoms with Crippen molar-refractivity contribution in [2.45, 2.75) is 19.0 Å². The molecule has 1 aliphatic rings. The molecule has 2 aromatic carbocycles. The predicted molar refractivity (Wildman–Crippen MR) is 107 cm³/mol. The fourth-order valence-corrected chi connectivity index (χ4v) is 3.04. The fraction of sp³-hybridized carbons (Fsp3) is 0.286. The molecule has 0 spiro atoms. The molecule has 0 radical (unpaired) electrons. The van der Waals surface area contributed by atoms with Crippen molar-refractivity contribution in [2.75, 3.05) is 29.9 Å². The second-order valence-electron chi connectivity index (χ2n) is 6.82. The summed E-state index contributed by atoms with van der Waals surface area (Å²) in [4.78, 5) is 37.7. The highest BCUT2D eigenvalue weighted by atomic mass is 19.4. The van der Waals surface area contributed by atoms with Gasteiger partial charge in [0.1, 0.15) is 12.3 Å². The molecule has 0 aromatic heterocycles. The summed E-state index contributed by atoms with van der Waals surface area (Å²) >= 11 is 0. The third-order valence-electron chi connectivity index (χ3n) is 4.49. The minimum absolute atomic E-state index is 0.0611. The number of para-hydroxylation sites is 1. The van der Waals surface area contributed by atoms with E-state index in [4.69, 9.17) is 4.74 Å². The first-order chi connectivity index (χ1) is 14.7. The maximum absolute atomic E-state index is 12.3. The molecule has 7 nitrogen and oxygen atoms in total. The van der Waals surface area contributed by atoms with Crippen LogP contribution in [0.2, 0.25) is 0 Å². The van der Waals surface area contributed by atoms with Gasteiger partial charge in [0.15, 0.2) is 6.61 Å². The zero-order valence-corrected chi connectivity index (χ0v) is 16.4. The number of nitrogens with one attached hydrogen (secondary N) is 2. The van der Waals surface area contributed by atoms with E-state index in [1.807, 2.05) is 0 Å². The molecule has 164 valence electrons. The van der Waals surface area contributed by atoms with Crippen LogP contribution in [0, 0.1) is 0 Å². The Balaban J connectivity index is 1.55. The summed E-state index contributed by atoms with van der Waals surface area (Å²) in [6.07, 6.45) is -3.21. The Kier molecular flexibility index (Phi) is 6.78. The number of hydrogen-bond acceptors (Lipinski definition) is 4. The van der Waals surface area contributed by atoms with Crippen LogP contribution in [0.3, 0.4) is 0 Å². The largest absolute Gasteiger partial charge is 0.484 e. The van der Waals surface area contributed by atoms with Crippen LogP contribution in [-0.2, 0) is 9.59 Å². The second-order valence-corrected chi connectivity index (χ2v) is 6.82. The number of ether oxygens (including phenoxy) is 1. The Bertz CT molecular complexity index is 961. The van der Waals surface area contributed by atoms with Crippen LogP contribution in [0.5, 0.6) is 5.75 Å². The van der Waals surface area contributed by atoms with E-state index in [9.17, 15) is 27.6 Å². The van der Waals surface area contributed by atoms with Crippen molar-refractivity contribution in [3.8, 4) is 5.75 Å². The summed E-state index contributed by atoms with van der Waals surface area (Å²) in [5, 5.41) is 4.23. The van der Waals surface area contributed by atoms with Gasteiger partial charge in [-0.2, -0.15) is 13.2 Å². The van der Waals surface area contributed by atoms with Gasteiger partial charge in [-0.25, -0.2) is 0 Å². The van der Waals surface area contributed by atoms with Gasteiger partial charge in [-0.3, -0.25) is 14.4 Å². The first-order valence-corrected chi connectivity index (χ1v) is 9.50. The molecule has 3 amide bonds. The van der Waals surface area contributed by atoms with E-state index in [-0.39, 0.29) is 23.8 Å². The highest BCUT2D eigenvalue weighted by Crippen LogP contribution is 2.24. The molecular formula is C21H20F3N3O4. The molecular weight excluding hydrogens is 415 g/mol. The monoisotopic (exact) mass is 435 g/mol. The average Bonchev–Trinajstić information content (AvgIpc) is 3.16. The topological polar surface area (TPSA) is 87.7 Å². The number of anilines is 2. The van der Waals surface area contributed by atoms with Gasteiger partial charge in [0, 0.05) is 18.7 Å². The predicted octanol–water partition coefficient (Wildman–Crippen LogP) is 3.12. The number of amides is 3. The van der Waals surface area contributed by atoms with Crippen LogP contribution in [0.25, 0.3) is 0 Å². The quantitative estimate of drug-likeness (QED) is 0.700. The van der Waals surface area contributed by atoms with E-state index in [1.165, 1.54) is 24.3 Å². The average molecular weight is 435 g/mol. The van der Waals surface area contributed by atoms with Crippen LogP contribution in [0.4, 0.5) is 24.5 Å². The fourth-order valence-electron chi connectivity index (χ4n) is 3.04. The molecule has 0 aliphatic carbocycles. The SMILES string of the molecule is O=C(COc1ccc(N2CCCC2=O)cc1)Nc1ccccc1C(=O)NCC(F)(F)F. The lowest BCUT2D eigenvalue weighted by atomic mass is 10.1. The zero-order chi connectivity index (χ0) is 22.4. The van der Waals surface area contributed by atoms with Gasteiger partial charge in [-0.05, 0) is 42.8 Å². The molecule has 10 heteroatoms.